The molecule has 1 aliphatic carbocycles. The van der Waals surface area contributed by atoms with Gasteiger partial charge in [0.25, 0.3) is 0 Å². The van der Waals surface area contributed by atoms with E-state index in [1.54, 1.807) is 13.3 Å². The highest BCUT2D eigenvalue weighted by Crippen LogP contribution is 2.39. The van der Waals surface area contributed by atoms with Crippen LogP contribution in [0.5, 0.6) is 17.6 Å². The summed E-state index contributed by atoms with van der Waals surface area (Å²) in [5, 5.41) is 7.96. The first-order valence-corrected chi connectivity index (χ1v) is 11.0. The molecule has 0 bridgehead atoms. The molecule has 0 saturated heterocycles. The van der Waals surface area contributed by atoms with Gasteiger partial charge in [0.2, 0.25) is 17.6 Å². The van der Waals surface area contributed by atoms with Crippen molar-refractivity contribution in [3.8, 4) is 39.9 Å². The molecule has 2 aliphatic rings. The van der Waals surface area contributed by atoms with Gasteiger partial charge in [0.15, 0.2) is 0 Å². The van der Waals surface area contributed by atoms with Crippen molar-refractivity contribution in [3.63, 3.8) is 0 Å². The molecule has 3 aromatic rings. The second-order valence-corrected chi connectivity index (χ2v) is 8.51. The third-order valence-corrected chi connectivity index (χ3v) is 6.19. The monoisotopic (exact) mass is 417 g/mol. The van der Waals surface area contributed by atoms with E-state index in [-0.39, 0.29) is 6.10 Å². The summed E-state index contributed by atoms with van der Waals surface area (Å²) < 4.78 is 17.5. The van der Waals surface area contributed by atoms with Crippen LogP contribution in [0.3, 0.4) is 0 Å². The molecule has 1 aliphatic heterocycles. The predicted molar refractivity (Wildman–Crippen MR) is 118 cm³/mol. The Morgan fingerprint density at radius 3 is 2.74 bits per heavy atom. The van der Waals surface area contributed by atoms with Crippen LogP contribution in [0.2, 0.25) is 0 Å². The van der Waals surface area contributed by atoms with Crippen LogP contribution in [-0.2, 0) is 6.61 Å². The van der Waals surface area contributed by atoms with Crippen LogP contribution < -0.4 is 14.2 Å². The number of ether oxygens (including phenoxy) is 3. The second-order valence-electron chi connectivity index (χ2n) is 8.51. The van der Waals surface area contributed by atoms with Crippen molar-refractivity contribution in [2.24, 2.45) is 5.92 Å². The molecule has 31 heavy (non-hydrogen) atoms. The summed E-state index contributed by atoms with van der Waals surface area (Å²) in [6.07, 6.45) is 7.99. The average molecular weight is 418 g/mol. The summed E-state index contributed by atoms with van der Waals surface area (Å²) in [6.45, 7) is 2.79. The van der Waals surface area contributed by atoms with Crippen LogP contribution in [0.4, 0.5) is 0 Å². The van der Waals surface area contributed by atoms with Crippen molar-refractivity contribution in [1.82, 2.24) is 15.2 Å². The quantitative estimate of drug-likeness (QED) is 0.526. The smallest absolute Gasteiger partial charge is 0.233 e. The minimum absolute atomic E-state index is 0.243. The molecule has 6 heteroatoms. The summed E-state index contributed by atoms with van der Waals surface area (Å²) in [7, 11) is 1.59. The van der Waals surface area contributed by atoms with E-state index in [9.17, 15) is 0 Å². The highest BCUT2D eigenvalue weighted by atomic mass is 16.5. The van der Waals surface area contributed by atoms with Crippen molar-refractivity contribution in [2.75, 3.05) is 7.11 Å². The fourth-order valence-electron chi connectivity index (χ4n) is 4.54. The van der Waals surface area contributed by atoms with Crippen LogP contribution in [0.25, 0.3) is 22.3 Å². The first kappa shape index (κ1) is 19.8. The zero-order chi connectivity index (χ0) is 21.2. The van der Waals surface area contributed by atoms with Crippen LogP contribution in [0.15, 0.2) is 42.6 Å². The van der Waals surface area contributed by atoms with Gasteiger partial charge in [-0.1, -0.05) is 31.9 Å². The molecule has 6 nitrogen and oxygen atoms in total. The van der Waals surface area contributed by atoms with Gasteiger partial charge in [-0.3, -0.25) is 0 Å². The van der Waals surface area contributed by atoms with Crippen LogP contribution >= 0.6 is 0 Å². The molecule has 0 radical (unpaired) electrons. The SMILES string of the molecule is COc1cc(-c2ccc3c(c2)COc2nc(OC4CCCCC(C)C4)ccc2-3)cnn1. The maximum absolute atomic E-state index is 6.24. The highest BCUT2D eigenvalue weighted by molar-refractivity contribution is 5.77. The number of hydrogen-bond acceptors (Lipinski definition) is 6. The lowest BCUT2D eigenvalue weighted by Gasteiger charge is -2.23. The number of hydrogen-bond donors (Lipinski definition) is 0. The largest absolute Gasteiger partial charge is 0.480 e. The Hall–Kier alpha value is -3.15. The van der Waals surface area contributed by atoms with Crippen LogP contribution in [0, 0.1) is 5.92 Å². The molecule has 3 heterocycles. The lowest BCUT2D eigenvalue weighted by Crippen LogP contribution is -2.18. The Labute approximate surface area is 182 Å². The molecule has 2 unspecified atom stereocenters. The summed E-state index contributed by atoms with van der Waals surface area (Å²) in [5.74, 6) is 2.51. The molecule has 0 spiro atoms. The van der Waals surface area contributed by atoms with Crippen molar-refractivity contribution in [1.29, 1.82) is 0 Å². The fraction of sp³-hybridized carbons (Fsp3) is 0.400. The Morgan fingerprint density at radius 2 is 1.84 bits per heavy atom. The van der Waals surface area contributed by atoms with E-state index < -0.39 is 0 Å². The summed E-state index contributed by atoms with van der Waals surface area (Å²) in [6, 6.07) is 12.2. The zero-order valence-electron chi connectivity index (χ0n) is 18.0. The van der Waals surface area contributed by atoms with E-state index in [1.807, 2.05) is 12.1 Å². The Balaban J connectivity index is 1.39. The lowest BCUT2D eigenvalue weighted by atomic mass is 9.95. The van der Waals surface area contributed by atoms with E-state index in [1.165, 1.54) is 19.3 Å². The lowest BCUT2D eigenvalue weighted by molar-refractivity contribution is 0.160. The number of nitrogens with zero attached hydrogens (tertiary/aromatic N) is 3. The molecule has 160 valence electrons. The van der Waals surface area contributed by atoms with Crippen molar-refractivity contribution in [3.05, 3.63) is 48.2 Å². The van der Waals surface area contributed by atoms with Gasteiger partial charge in [0, 0.05) is 23.3 Å². The van der Waals surface area contributed by atoms with Gasteiger partial charge in [-0.15, -0.1) is 5.10 Å². The number of fused-ring (bicyclic) bond motifs is 3. The minimum Gasteiger partial charge on any atom is -0.480 e. The van der Waals surface area contributed by atoms with Crippen molar-refractivity contribution < 1.29 is 14.2 Å². The molecule has 1 aromatic carbocycles. The first-order chi connectivity index (χ1) is 15.2. The molecule has 2 atom stereocenters. The minimum atomic E-state index is 0.243. The zero-order valence-corrected chi connectivity index (χ0v) is 18.0. The van der Waals surface area contributed by atoms with Gasteiger partial charge in [-0.2, -0.15) is 10.1 Å². The van der Waals surface area contributed by atoms with Gasteiger partial charge in [-0.25, -0.2) is 0 Å². The Kier molecular flexibility index (Phi) is 5.45. The molecule has 1 saturated carbocycles. The van der Waals surface area contributed by atoms with Gasteiger partial charge < -0.3 is 14.2 Å². The number of rotatable bonds is 4. The molecule has 1 fully saturated rings. The number of aromatic nitrogens is 3. The number of pyridine rings is 1. The average Bonchev–Trinajstić information content (AvgIpc) is 3.02. The molecular formula is C25H27N3O3. The Bertz CT molecular complexity index is 1090. The van der Waals surface area contributed by atoms with E-state index >= 15 is 0 Å². The summed E-state index contributed by atoms with van der Waals surface area (Å²) in [4.78, 5) is 4.69. The van der Waals surface area contributed by atoms with Crippen molar-refractivity contribution in [2.45, 2.75) is 51.7 Å². The van der Waals surface area contributed by atoms with E-state index in [2.05, 4.69) is 46.4 Å². The standard InChI is InChI=1S/C25H27N3O3/c1-16-5-3-4-6-20(11-16)31-23-10-9-22-21-8-7-17(12-19(21)15-30-25(22)27-23)18-13-24(29-2)28-26-14-18/h7-10,12-14,16,20H,3-6,11,15H2,1-2H3. The maximum Gasteiger partial charge on any atom is 0.233 e. The van der Waals surface area contributed by atoms with E-state index in [4.69, 9.17) is 14.2 Å². The second kappa shape index (κ2) is 8.53. The number of methoxy groups -OCH3 is 1. The molecule has 2 aromatic heterocycles. The number of benzene rings is 1. The van der Waals surface area contributed by atoms with Gasteiger partial charge in [0.1, 0.15) is 12.7 Å². The summed E-state index contributed by atoms with van der Waals surface area (Å²) in [5.41, 5.74) is 5.27. The van der Waals surface area contributed by atoms with Crippen LogP contribution in [-0.4, -0.2) is 28.4 Å². The summed E-state index contributed by atoms with van der Waals surface area (Å²) >= 11 is 0. The maximum atomic E-state index is 6.24. The van der Waals surface area contributed by atoms with Gasteiger partial charge in [-0.05, 0) is 54.0 Å². The Morgan fingerprint density at radius 1 is 0.968 bits per heavy atom. The molecule has 0 amide bonds. The first-order valence-electron chi connectivity index (χ1n) is 11.0. The van der Waals surface area contributed by atoms with E-state index in [0.717, 1.165) is 40.7 Å². The van der Waals surface area contributed by atoms with Crippen LogP contribution in [0.1, 0.15) is 44.6 Å². The van der Waals surface area contributed by atoms with E-state index in [0.29, 0.717) is 30.2 Å². The third kappa shape index (κ3) is 4.20. The highest BCUT2D eigenvalue weighted by Gasteiger charge is 2.23. The van der Waals surface area contributed by atoms with Gasteiger partial charge in [0.05, 0.1) is 13.3 Å². The molecular weight excluding hydrogens is 390 g/mol. The normalized spacial score (nSPS) is 20.1. The molecule has 0 N–H and O–H groups in total. The topological polar surface area (TPSA) is 66.4 Å². The fourth-order valence-corrected chi connectivity index (χ4v) is 4.54. The third-order valence-electron chi connectivity index (χ3n) is 6.19. The molecule has 5 rings (SSSR count). The van der Waals surface area contributed by atoms with Crippen molar-refractivity contribution >= 4 is 0 Å². The van der Waals surface area contributed by atoms with Gasteiger partial charge >= 0.3 is 0 Å². The predicted octanol–water partition coefficient (Wildman–Crippen LogP) is 5.45.